The zero-order chi connectivity index (χ0) is 43.7. The van der Waals surface area contributed by atoms with Crippen molar-refractivity contribution in [1.82, 2.24) is 0 Å². The summed E-state index contributed by atoms with van der Waals surface area (Å²) in [7, 11) is 6.83. The Bertz CT molecular complexity index is 2670. The van der Waals surface area contributed by atoms with E-state index in [9.17, 15) is 0 Å². The molecule has 2 saturated carbocycles. The molecular formula is C57H60O6. The fourth-order valence-corrected chi connectivity index (χ4v) is 12.5. The number of hydrogen-bond donors (Lipinski definition) is 0. The van der Waals surface area contributed by atoms with Crippen molar-refractivity contribution in [3.8, 4) is 56.8 Å². The minimum absolute atomic E-state index is 0.0948. The molecule has 6 nitrogen and oxygen atoms in total. The van der Waals surface area contributed by atoms with Gasteiger partial charge in [-0.05, 0) is 138 Å². The van der Waals surface area contributed by atoms with Crippen molar-refractivity contribution in [2.24, 2.45) is 10.8 Å². The molecule has 0 bridgehead atoms. The van der Waals surface area contributed by atoms with Crippen LogP contribution >= 0.6 is 0 Å². The second-order valence-electron chi connectivity index (χ2n) is 19.9. The molecule has 0 saturated heterocycles. The summed E-state index contributed by atoms with van der Waals surface area (Å²) in [5.74, 6) is 4.77. The fraction of sp³-hybridized carbons (Fsp3) is 0.368. The van der Waals surface area contributed by atoms with Crippen LogP contribution in [-0.4, -0.2) is 34.5 Å². The van der Waals surface area contributed by atoms with Gasteiger partial charge in [-0.1, -0.05) is 88.7 Å². The summed E-state index contributed by atoms with van der Waals surface area (Å²) in [6.07, 6.45) is 13.7. The normalized spacial score (nSPS) is 18.8. The van der Waals surface area contributed by atoms with Gasteiger partial charge in [0.15, 0.2) is 5.60 Å². The highest BCUT2D eigenvalue weighted by Gasteiger charge is 2.55. The highest BCUT2D eigenvalue weighted by Crippen LogP contribution is 2.67. The molecule has 0 N–H and O–H groups in total. The molecule has 3 aliphatic carbocycles. The molecule has 6 heteroatoms. The molecule has 324 valence electrons. The van der Waals surface area contributed by atoms with Crippen LogP contribution in [0.15, 0.2) is 109 Å². The molecule has 0 atom stereocenters. The number of methoxy groups -OCH3 is 4. The van der Waals surface area contributed by atoms with Crippen LogP contribution in [0.25, 0.3) is 39.1 Å². The van der Waals surface area contributed by atoms with Crippen LogP contribution in [0.2, 0.25) is 0 Å². The first kappa shape index (κ1) is 41.1. The van der Waals surface area contributed by atoms with Crippen molar-refractivity contribution in [2.75, 3.05) is 28.4 Å². The summed E-state index contributed by atoms with van der Waals surface area (Å²) in [6.45, 7) is 9.89. The van der Waals surface area contributed by atoms with Crippen molar-refractivity contribution >= 4 is 16.8 Å². The number of benzene rings is 6. The van der Waals surface area contributed by atoms with Gasteiger partial charge in [0.05, 0.1) is 34.5 Å². The van der Waals surface area contributed by atoms with Crippen molar-refractivity contribution in [2.45, 2.75) is 96.2 Å². The topological polar surface area (TPSA) is 55.4 Å². The molecule has 0 unspecified atom stereocenters. The summed E-state index contributed by atoms with van der Waals surface area (Å²) < 4.78 is 38.3. The van der Waals surface area contributed by atoms with Gasteiger partial charge in [-0.25, -0.2) is 0 Å². The molecule has 10 rings (SSSR count). The maximum atomic E-state index is 7.93. The summed E-state index contributed by atoms with van der Waals surface area (Å²) >= 11 is 0. The largest absolute Gasteiger partial charge is 0.497 e. The van der Waals surface area contributed by atoms with Crippen molar-refractivity contribution in [1.29, 1.82) is 0 Å². The minimum Gasteiger partial charge on any atom is -0.497 e. The van der Waals surface area contributed by atoms with E-state index in [0.717, 1.165) is 105 Å². The average molecular weight is 841 g/mol. The van der Waals surface area contributed by atoms with E-state index in [4.69, 9.17) is 28.4 Å². The molecule has 6 aromatic rings. The van der Waals surface area contributed by atoms with Crippen molar-refractivity contribution < 1.29 is 28.4 Å². The van der Waals surface area contributed by atoms with E-state index < -0.39 is 5.60 Å². The number of fused-ring (bicyclic) bond motifs is 10. The lowest BCUT2D eigenvalue weighted by atomic mass is 9.52. The SMILES string of the molecule is COc1ccc(C2(c3ccc(OC)cc3)C=Cc3c4c(c5cc(OC6CCCCC6)c(-c6ccc(OC)cc6OC)cc5c3O2)-c2ccccc2C42CC(C)(C)CC(C)(C)C2)cc1. The molecule has 2 fully saturated rings. The van der Waals surface area contributed by atoms with Gasteiger partial charge in [-0.3, -0.25) is 0 Å². The lowest BCUT2D eigenvalue weighted by molar-refractivity contribution is 0.0642. The summed E-state index contributed by atoms with van der Waals surface area (Å²) in [5, 5.41) is 2.18. The van der Waals surface area contributed by atoms with Gasteiger partial charge < -0.3 is 28.4 Å². The van der Waals surface area contributed by atoms with Crippen LogP contribution in [-0.2, 0) is 11.0 Å². The molecular weight excluding hydrogens is 781 g/mol. The lowest BCUT2D eigenvalue weighted by Crippen LogP contribution is -2.44. The molecule has 1 aliphatic heterocycles. The summed E-state index contributed by atoms with van der Waals surface area (Å²) in [6, 6.07) is 36.6. The first-order chi connectivity index (χ1) is 30.4. The Morgan fingerprint density at radius 1 is 0.556 bits per heavy atom. The standard InChI is InChI=1S/C57H60O6/c1-54(2)33-55(3,4)35-56(34-54)48-17-13-12-16-43(48)51-46-32-50(62-40-14-10-9-11-15-40)45(42-27-26-41(60-7)30-49(42)61-8)31-47(46)53-44(52(51)56)28-29-57(63-53,36-18-22-38(58-5)23-19-36)37-20-24-39(59-6)25-21-37/h12-13,16-32,40H,9-11,14-15,33-35H2,1-8H3. The van der Waals surface area contributed by atoms with Crippen LogP contribution in [0.4, 0.5) is 0 Å². The van der Waals surface area contributed by atoms with E-state index in [2.05, 4.69) is 107 Å². The zero-order valence-corrected chi connectivity index (χ0v) is 38.2. The highest BCUT2D eigenvalue weighted by atomic mass is 16.5. The first-order valence-electron chi connectivity index (χ1n) is 22.8. The summed E-state index contributed by atoms with van der Waals surface area (Å²) in [5.41, 5.74) is 9.41. The van der Waals surface area contributed by atoms with Crippen LogP contribution in [0.5, 0.6) is 34.5 Å². The van der Waals surface area contributed by atoms with Crippen molar-refractivity contribution in [3.05, 3.63) is 137 Å². The number of rotatable bonds is 9. The predicted octanol–water partition coefficient (Wildman–Crippen LogP) is 14.1. The third-order valence-electron chi connectivity index (χ3n) is 14.4. The van der Waals surface area contributed by atoms with E-state index in [-0.39, 0.29) is 22.3 Å². The second-order valence-corrected chi connectivity index (χ2v) is 19.9. The van der Waals surface area contributed by atoms with Crippen LogP contribution in [0, 0.1) is 10.8 Å². The lowest BCUT2D eigenvalue weighted by Gasteiger charge is -2.52. The van der Waals surface area contributed by atoms with Crippen LogP contribution in [0.3, 0.4) is 0 Å². The predicted molar refractivity (Wildman–Crippen MR) is 254 cm³/mol. The van der Waals surface area contributed by atoms with E-state index >= 15 is 0 Å². The molecule has 4 aliphatic rings. The molecule has 0 radical (unpaired) electrons. The fourth-order valence-electron chi connectivity index (χ4n) is 12.5. The van der Waals surface area contributed by atoms with Gasteiger partial charge in [0.1, 0.15) is 34.5 Å². The monoisotopic (exact) mass is 840 g/mol. The molecule has 1 heterocycles. The van der Waals surface area contributed by atoms with Crippen molar-refractivity contribution in [3.63, 3.8) is 0 Å². The Hall–Kier alpha value is -5.88. The second kappa shape index (κ2) is 15.4. The van der Waals surface area contributed by atoms with E-state index in [1.165, 1.54) is 41.5 Å². The van der Waals surface area contributed by atoms with Gasteiger partial charge in [0.2, 0.25) is 0 Å². The molecule has 63 heavy (non-hydrogen) atoms. The van der Waals surface area contributed by atoms with Gasteiger partial charge >= 0.3 is 0 Å². The molecule has 0 aromatic heterocycles. The molecule has 0 amide bonds. The molecule has 1 spiro atoms. The van der Waals surface area contributed by atoms with Crippen LogP contribution < -0.4 is 28.4 Å². The number of hydrogen-bond acceptors (Lipinski definition) is 6. The summed E-state index contributed by atoms with van der Waals surface area (Å²) in [4.78, 5) is 0. The zero-order valence-electron chi connectivity index (χ0n) is 38.2. The van der Waals surface area contributed by atoms with Gasteiger partial charge in [-0.2, -0.15) is 0 Å². The van der Waals surface area contributed by atoms with E-state index in [1.54, 1.807) is 28.4 Å². The highest BCUT2D eigenvalue weighted by molar-refractivity contribution is 6.11. The third-order valence-corrected chi connectivity index (χ3v) is 14.4. The maximum absolute atomic E-state index is 7.93. The number of ether oxygens (including phenoxy) is 6. The molecule has 6 aromatic carbocycles. The third kappa shape index (κ3) is 6.83. The van der Waals surface area contributed by atoms with Gasteiger partial charge in [0.25, 0.3) is 0 Å². The van der Waals surface area contributed by atoms with Gasteiger partial charge in [0, 0.05) is 44.7 Å². The maximum Gasteiger partial charge on any atom is 0.178 e. The quantitative estimate of drug-likeness (QED) is 0.145. The van der Waals surface area contributed by atoms with Crippen LogP contribution in [0.1, 0.15) is 107 Å². The Balaban J connectivity index is 1.33. The first-order valence-corrected chi connectivity index (χ1v) is 22.8. The Morgan fingerprint density at radius 2 is 1.17 bits per heavy atom. The Labute approximate surface area is 373 Å². The average Bonchev–Trinajstić information content (AvgIpc) is 3.55. The minimum atomic E-state index is -0.980. The Kier molecular flexibility index (Phi) is 10.1. The smallest absolute Gasteiger partial charge is 0.178 e. The van der Waals surface area contributed by atoms with Gasteiger partial charge in [-0.15, -0.1) is 0 Å². The van der Waals surface area contributed by atoms with E-state index in [1.807, 2.05) is 36.4 Å². The van der Waals surface area contributed by atoms with E-state index in [0.29, 0.717) is 0 Å². The Morgan fingerprint density at radius 3 is 1.79 bits per heavy atom.